The van der Waals surface area contributed by atoms with E-state index in [-0.39, 0.29) is 12.3 Å². The lowest BCUT2D eigenvalue weighted by atomic mass is 10.2. The van der Waals surface area contributed by atoms with Gasteiger partial charge in [-0.3, -0.25) is 0 Å². The highest BCUT2D eigenvalue weighted by molar-refractivity contribution is 5.33. The number of rotatable bonds is 4. The standard InChI is InChI=1S/C12H12F2N2O/c13-10-3-4-12(11(14)6-10)16-8-9(7-15-16)2-1-5-17/h3-4,6-8,17H,1-2,5H2. The molecule has 0 amide bonds. The van der Waals surface area contributed by atoms with Crippen LogP contribution in [0.4, 0.5) is 8.78 Å². The van der Waals surface area contributed by atoms with Crippen LogP contribution in [0.2, 0.25) is 0 Å². The maximum Gasteiger partial charge on any atom is 0.151 e. The molecule has 17 heavy (non-hydrogen) atoms. The second-order valence-corrected chi connectivity index (χ2v) is 3.72. The van der Waals surface area contributed by atoms with Crippen molar-refractivity contribution in [1.29, 1.82) is 0 Å². The minimum absolute atomic E-state index is 0.107. The van der Waals surface area contributed by atoms with Crippen molar-refractivity contribution < 1.29 is 13.9 Å². The van der Waals surface area contributed by atoms with E-state index in [0.29, 0.717) is 12.8 Å². The lowest BCUT2D eigenvalue weighted by molar-refractivity contribution is 0.288. The van der Waals surface area contributed by atoms with Gasteiger partial charge in [-0.2, -0.15) is 5.10 Å². The van der Waals surface area contributed by atoms with Crippen LogP contribution in [0.15, 0.2) is 30.6 Å². The van der Waals surface area contributed by atoms with Gasteiger partial charge in [0.2, 0.25) is 0 Å². The van der Waals surface area contributed by atoms with E-state index in [2.05, 4.69) is 5.10 Å². The summed E-state index contributed by atoms with van der Waals surface area (Å²) in [5, 5.41) is 12.7. The first kappa shape index (κ1) is 11.7. The fourth-order valence-corrected chi connectivity index (χ4v) is 1.57. The Morgan fingerprint density at radius 2 is 2.12 bits per heavy atom. The topological polar surface area (TPSA) is 38.1 Å². The van der Waals surface area contributed by atoms with E-state index >= 15 is 0 Å². The molecule has 0 atom stereocenters. The van der Waals surface area contributed by atoms with Crippen molar-refractivity contribution in [3.05, 3.63) is 47.8 Å². The second-order valence-electron chi connectivity index (χ2n) is 3.72. The SMILES string of the molecule is OCCCc1cnn(-c2ccc(F)cc2F)c1. The number of aliphatic hydroxyl groups excluding tert-OH is 1. The predicted octanol–water partition coefficient (Wildman–Crippen LogP) is 2.08. The zero-order valence-electron chi connectivity index (χ0n) is 9.11. The number of halogens is 2. The summed E-state index contributed by atoms with van der Waals surface area (Å²) in [6.07, 6.45) is 4.60. The average molecular weight is 238 g/mol. The van der Waals surface area contributed by atoms with Gasteiger partial charge in [0.25, 0.3) is 0 Å². The summed E-state index contributed by atoms with van der Waals surface area (Å²) >= 11 is 0. The molecular weight excluding hydrogens is 226 g/mol. The molecule has 0 aliphatic rings. The average Bonchev–Trinajstić information content (AvgIpc) is 2.75. The molecule has 0 bridgehead atoms. The Bertz CT molecular complexity index is 511. The molecule has 90 valence electrons. The molecule has 1 heterocycles. The Labute approximate surface area is 97.3 Å². The summed E-state index contributed by atoms with van der Waals surface area (Å²) in [5.74, 6) is -1.26. The van der Waals surface area contributed by atoms with E-state index in [1.54, 1.807) is 12.4 Å². The number of nitrogens with zero attached hydrogens (tertiary/aromatic N) is 2. The lowest BCUT2D eigenvalue weighted by Gasteiger charge is -2.02. The normalized spacial score (nSPS) is 10.8. The van der Waals surface area contributed by atoms with Crippen LogP contribution in [-0.2, 0) is 6.42 Å². The molecule has 0 fully saturated rings. The number of aryl methyl sites for hydroxylation is 1. The Morgan fingerprint density at radius 3 is 2.82 bits per heavy atom. The minimum Gasteiger partial charge on any atom is -0.396 e. The largest absolute Gasteiger partial charge is 0.396 e. The zero-order chi connectivity index (χ0) is 12.3. The fraction of sp³-hybridized carbons (Fsp3) is 0.250. The van der Waals surface area contributed by atoms with Crippen molar-refractivity contribution >= 4 is 0 Å². The predicted molar refractivity (Wildman–Crippen MR) is 58.9 cm³/mol. The van der Waals surface area contributed by atoms with Crippen molar-refractivity contribution in [3.8, 4) is 5.69 Å². The second kappa shape index (κ2) is 5.05. The highest BCUT2D eigenvalue weighted by Crippen LogP contribution is 2.15. The van der Waals surface area contributed by atoms with Crippen molar-refractivity contribution in [2.45, 2.75) is 12.8 Å². The molecule has 1 aromatic heterocycles. The van der Waals surface area contributed by atoms with E-state index < -0.39 is 11.6 Å². The van der Waals surface area contributed by atoms with E-state index in [0.717, 1.165) is 11.6 Å². The minimum atomic E-state index is -0.651. The summed E-state index contributed by atoms with van der Waals surface area (Å²) in [4.78, 5) is 0. The van der Waals surface area contributed by atoms with Crippen molar-refractivity contribution in [2.24, 2.45) is 0 Å². The van der Waals surface area contributed by atoms with E-state index in [1.807, 2.05) is 0 Å². The molecule has 2 rings (SSSR count). The molecule has 3 nitrogen and oxygen atoms in total. The van der Waals surface area contributed by atoms with E-state index in [9.17, 15) is 8.78 Å². The summed E-state index contributed by atoms with van der Waals surface area (Å²) < 4.78 is 27.6. The van der Waals surface area contributed by atoms with E-state index in [1.165, 1.54) is 16.8 Å². The maximum absolute atomic E-state index is 13.5. The molecule has 5 heteroatoms. The van der Waals surface area contributed by atoms with Gasteiger partial charge in [0.15, 0.2) is 5.82 Å². The van der Waals surface area contributed by atoms with Crippen molar-refractivity contribution in [1.82, 2.24) is 9.78 Å². The van der Waals surface area contributed by atoms with Gasteiger partial charge < -0.3 is 5.11 Å². The van der Waals surface area contributed by atoms with Crippen LogP contribution in [0, 0.1) is 11.6 Å². The van der Waals surface area contributed by atoms with Crippen LogP contribution >= 0.6 is 0 Å². The monoisotopic (exact) mass is 238 g/mol. The third kappa shape index (κ3) is 2.68. The molecule has 0 saturated heterocycles. The highest BCUT2D eigenvalue weighted by atomic mass is 19.1. The summed E-state index contributed by atoms with van der Waals surface area (Å²) in [5.41, 5.74) is 1.12. The van der Waals surface area contributed by atoms with Gasteiger partial charge in [-0.25, -0.2) is 13.5 Å². The van der Waals surface area contributed by atoms with Crippen LogP contribution in [0.1, 0.15) is 12.0 Å². The maximum atomic E-state index is 13.5. The van der Waals surface area contributed by atoms with Gasteiger partial charge in [-0.15, -0.1) is 0 Å². The van der Waals surface area contributed by atoms with Crippen LogP contribution in [-0.4, -0.2) is 21.5 Å². The molecule has 1 N–H and O–H groups in total. The highest BCUT2D eigenvalue weighted by Gasteiger charge is 2.07. The van der Waals surface area contributed by atoms with Crippen molar-refractivity contribution in [3.63, 3.8) is 0 Å². The van der Waals surface area contributed by atoms with Crippen LogP contribution < -0.4 is 0 Å². The molecule has 0 aliphatic heterocycles. The van der Waals surface area contributed by atoms with Gasteiger partial charge in [0, 0.05) is 18.9 Å². The third-order valence-electron chi connectivity index (χ3n) is 2.42. The number of hydrogen-bond acceptors (Lipinski definition) is 2. The molecular formula is C12H12F2N2O. The van der Waals surface area contributed by atoms with Gasteiger partial charge in [-0.05, 0) is 30.5 Å². The van der Waals surface area contributed by atoms with Gasteiger partial charge in [0.05, 0.1) is 6.20 Å². The van der Waals surface area contributed by atoms with Gasteiger partial charge in [-0.1, -0.05) is 0 Å². The third-order valence-corrected chi connectivity index (χ3v) is 2.42. The summed E-state index contributed by atoms with van der Waals surface area (Å²) in [6, 6.07) is 3.35. The van der Waals surface area contributed by atoms with Crippen LogP contribution in [0.3, 0.4) is 0 Å². The lowest BCUT2D eigenvalue weighted by Crippen LogP contribution is -1.98. The fourth-order valence-electron chi connectivity index (χ4n) is 1.57. The molecule has 2 aromatic rings. The Morgan fingerprint density at radius 1 is 1.29 bits per heavy atom. The number of aliphatic hydroxyl groups is 1. The molecule has 0 radical (unpaired) electrons. The molecule has 1 aromatic carbocycles. The zero-order valence-corrected chi connectivity index (χ0v) is 9.11. The molecule has 0 unspecified atom stereocenters. The van der Waals surface area contributed by atoms with Crippen molar-refractivity contribution in [2.75, 3.05) is 6.61 Å². The Balaban J connectivity index is 2.24. The first-order valence-electron chi connectivity index (χ1n) is 5.30. The summed E-state index contributed by atoms with van der Waals surface area (Å²) in [6.45, 7) is 0.107. The van der Waals surface area contributed by atoms with Crippen LogP contribution in [0.5, 0.6) is 0 Å². The smallest absolute Gasteiger partial charge is 0.151 e. The quantitative estimate of drug-likeness (QED) is 0.885. The Kier molecular flexibility index (Phi) is 3.49. The molecule has 0 spiro atoms. The van der Waals surface area contributed by atoms with Gasteiger partial charge in [0.1, 0.15) is 11.5 Å². The number of benzene rings is 1. The molecule has 0 aliphatic carbocycles. The number of hydrogen-bond donors (Lipinski definition) is 1. The molecule has 0 saturated carbocycles. The van der Waals surface area contributed by atoms with E-state index in [4.69, 9.17) is 5.11 Å². The number of aromatic nitrogens is 2. The first-order valence-corrected chi connectivity index (χ1v) is 5.30. The Hall–Kier alpha value is -1.75. The summed E-state index contributed by atoms with van der Waals surface area (Å²) in [7, 11) is 0. The van der Waals surface area contributed by atoms with Crippen LogP contribution in [0.25, 0.3) is 5.69 Å². The first-order chi connectivity index (χ1) is 8.20. The van der Waals surface area contributed by atoms with Gasteiger partial charge >= 0.3 is 0 Å².